The van der Waals surface area contributed by atoms with Gasteiger partial charge in [-0.2, -0.15) is 9.82 Å². The molecule has 1 aliphatic carbocycles. The van der Waals surface area contributed by atoms with Gasteiger partial charge >= 0.3 is 0 Å². The van der Waals surface area contributed by atoms with Gasteiger partial charge in [0.15, 0.2) is 0 Å². The summed E-state index contributed by atoms with van der Waals surface area (Å²) in [7, 11) is 0. The Morgan fingerprint density at radius 1 is 1.15 bits per heavy atom. The number of fused-ring (bicyclic) bond motifs is 1. The predicted molar refractivity (Wildman–Crippen MR) is 129 cm³/mol. The first-order valence-corrected chi connectivity index (χ1v) is 12.8. The third-order valence-electron chi connectivity index (χ3n) is 6.15. The van der Waals surface area contributed by atoms with Crippen LogP contribution in [0.25, 0.3) is 10.9 Å². The number of benzene rings is 2. The van der Waals surface area contributed by atoms with Crippen LogP contribution in [0.5, 0.6) is 0 Å². The molecule has 1 saturated heterocycles. The highest BCUT2D eigenvalue weighted by Crippen LogP contribution is 2.31. The van der Waals surface area contributed by atoms with Gasteiger partial charge in [0.25, 0.3) is 11.8 Å². The summed E-state index contributed by atoms with van der Waals surface area (Å²) in [4.78, 5) is 27.1. The Balaban J connectivity index is 1.38. The van der Waals surface area contributed by atoms with Crippen molar-refractivity contribution in [1.29, 1.82) is 0 Å². The Morgan fingerprint density at radius 2 is 1.85 bits per heavy atom. The molecule has 1 unspecified atom stereocenters. The summed E-state index contributed by atoms with van der Waals surface area (Å²) < 4.78 is 31.1. The number of carbonyl (C=O) groups is 2. The molecule has 2 fully saturated rings. The zero-order valence-electron chi connectivity index (χ0n) is 18.2. The van der Waals surface area contributed by atoms with Crippen LogP contribution in [-0.4, -0.2) is 49.4 Å². The number of carbonyl (C=O) groups excluding carboxylic acids is 2. The lowest BCUT2D eigenvalue weighted by Gasteiger charge is -2.17. The normalized spacial score (nSPS) is 19.0. The van der Waals surface area contributed by atoms with E-state index in [1.807, 2.05) is 0 Å². The number of nitrogens with zero attached hydrogens (tertiary/aromatic N) is 3. The Bertz CT molecular complexity index is 1290. The highest BCUT2D eigenvalue weighted by molar-refractivity contribution is 7.91. The minimum Gasteiger partial charge on any atom is -0.593 e. The van der Waals surface area contributed by atoms with Crippen molar-refractivity contribution >= 4 is 57.3 Å². The molecule has 34 heavy (non-hydrogen) atoms. The van der Waals surface area contributed by atoms with Crippen molar-refractivity contribution < 1.29 is 18.5 Å². The largest absolute Gasteiger partial charge is 0.593 e. The molecule has 3 aromatic rings. The van der Waals surface area contributed by atoms with Crippen LogP contribution in [-0.2, 0) is 11.4 Å². The quantitative estimate of drug-likeness (QED) is 0.501. The lowest BCUT2D eigenvalue weighted by Crippen LogP contribution is -2.33. The van der Waals surface area contributed by atoms with Crippen LogP contribution in [0.15, 0.2) is 30.3 Å². The van der Waals surface area contributed by atoms with Crippen LogP contribution >= 0.6 is 23.2 Å². The summed E-state index contributed by atoms with van der Waals surface area (Å²) in [6.07, 6.45) is 2.23. The highest BCUT2D eigenvalue weighted by Gasteiger charge is 2.37. The minimum atomic E-state index is -1.50. The Kier molecular flexibility index (Phi) is 6.22. The fourth-order valence-corrected chi connectivity index (χ4v) is 5.81. The van der Waals surface area contributed by atoms with E-state index in [4.69, 9.17) is 23.2 Å². The van der Waals surface area contributed by atoms with Crippen molar-refractivity contribution in [2.24, 2.45) is 0 Å². The molecule has 11 heteroatoms. The van der Waals surface area contributed by atoms with Gasteiger partial charge in [-0.3, -0.25) is 14.3 Å². The van der Waals surface area contributed by atoms with Crippen LogP contribution in [0.1, 0.15) is 51.7 Å². The van der Waals surface area contributed by atoms with Crippen LogP contribution in [0, 0.1) is 12.7 Å². The SMILES string of the molecule is Cc1nn([C@@H]2CCN(C(=O)c3cc(Cl)cc(Cl)c3)C2)c2cc(F)c(C(=O)N[S+]([O-])C3CC3)cc12. The van der Waals surface area contributed by atoms with Gasteiger partial charge in [-0.25, -0.2) is 4.39 Å². The molecule has 1 aliphatic heterocycles. The van der Waals surface area contributed by atoms with Gasteiger partial charge in [0.05, 0.1) is 34.2 Å². The van der Waals surface area contributed by atoms with Gasteiger partial charge < -0.3 is 9.45 Å². The molecular weight excluding hydrogens is 502 g/mol. The van der Waals surface area contributed by atoms with Crippen molar-refractivity contribution in [3.8, 4) is 0 Å². The number of hydrogen-bond donors (Lipinski definition) is 1. The second-order valence-corrected chi connectivity index (χ2v) is 11.0. The monoisotopic (exact) mass is 522 g/mol. The van der Waals surface area contributed by atoms with Crippen LogP contribution in [0.4, 0.5) is 4.39 Å². The van der Waals surface area contributed by atoms with E-state index >= 15 is 0 Å². The average molecular weight is 523 g/mol. The first kappa shape index (κ1) is 23.4. The summed E-state index contributed by atoms with van der Waals surface area (Å²) in [5.74, 6) is -1.60. The van der Waals surface area contributed by atoms with E-state index in [0.717, 1.165) is 12.8 Å². The zero-order chi connectivity index (χ0) is 24.1. The number of rotatable bonds is 5. The molecule has 7 nitrogen and oxygen atoms in total. The van der Waals surface area contributed by atoms with E-state index in [2.05, 4.69) is 9.82 Å². The molecule has 2 heterocycles. The second-order valence-electron chi connectivity index (χ2n) is 8.66. The van der Waals surface area contributed by atoms with E-state index in [1.54, 1.807) is 34.7 Å². The number of amides is 2. The van der Waals surface area contributed by atoms with E-state index in [1.165, 1.54) is 12.1 Å². The van der Waals surface area contributed by atoms with Crippen LogP contribution < -0.4 is 4.72 Å². The summed E-state index contributed by atoms with van der Waals surface area (Å²) in [6.45, 7) is 2.68. The summed E-state index contributed by atoms with van der Waals surface area (Å²) in [5, 5.41) is 5.95. The van der Waals surface area contributed by atoms with E-state index in [0.29, 0.717) is 51.7 Å². The third-order valence-corrected chi connectivity index (χ3v) is 8.05. The van der Waals surface area contributed by atoms with Gasteiger partial charge in [-0.05, 0) is 37.6 Å². The van der Waals surface area contributed by atoms with Gasteiger partial charge in [-0.1, -0.05) is 23.2 Å². The van der Waals surface area contributed by atoms with Gasteiger partial charge in [0, 0.05) is 53.0 Å². The molecule has 0 radical (unpaired) electrons. The molecule has 2 aromatic carbocycles. The number of aryl methyl sites for hydroxylation is 1. The Hall–Kier alpha value is -2.33. The smallest absolute Gasteiger partial charge is 0.295 e. The molecule has 2 atom stereocenters. The summed E-state index contributed by atoms with van der Waals surface area (Å²) in [5.41, 5.74) is 1.42. The lowest BCUT2D eigenvalue weighted by molar-refractivity contribution is 0.0787. The fraction of sp³-hybridized carbons (Fsp3) is 0.348. The number of hydrogen-bond acceptors (Lipinski definition) is 4. The van der Waals surface area contributed by atoms with Crippen LogP contribution in [0.2, 0.25) is 10.0 Å². The predicted octanol–water partition coefficient (Wildman–Crippen LogP) is 4.43. The molecule has 5 rings (SSSR count). The molecule has 1 aromatic heterocycles. The summed E-state index contributed by atoms with van der Waals surface area (Å²) >= 11 is 10.6. The topological polar surface area (TPSA) is 90.3 Å². The number of aromatic nitrogens is 2. The molecule has 2 amide bonds. The standard InChI is InChI=1S/C23H21Cl2FN4O3S/c1-12-18-9-19(22(31)28-34(33)17-2-3-17)20(26)10-21(18)30(27-12)16-4-5-29(11-16)23(32)13-6-14(24)8-15(25)7-13/h6-10,16-17H,2-5,11H2,1H3,(H,28,31)/t16-,34?/m1/s1. The van der Waals surface area contributed by atoms with E-state index < -0.39 is 23.1 Å². The number of halogens is 3. The zero-order valence-corrected chi connectivity index (χ0v) is 20.5. The Labute approximate surface area is 208 Å². The molecule has 0 spiro atoms. The molecule has 178 valence electrons. The van der Waals surface area contributed by atoms with Gasteiger partial charge in [0.2, 0.25) is 0 Å². The third kappa shape index (κ3) is 4.49. The van der Waals surface area contributed by atoms with Crippen molar-refractivity contribution in [2.45, 2.75) is 37.5 Å². The van der Waals surface area contributed by atoms with Crippen molar-refractivity contribution in [3.63, 3.8) is 0 Å². The second kappa shape index (κ2) is 9.03. The van der Waals surface area contributed by atoms with Gasteiger partial charge in [-0.15, -0.1) is 0 Å². The lowest BCUT2D eigenvalue weighted by atomic mass is 10.1. The van der Waals surface area contributed by atoms with Gasteiger partial charge in [0.1, 0.15) is 11.1 Å². The molecule has 0 bridgehead atoms. The number of likely N-dealkylation sites (tertiary alicyclic amines) is 1. The van der Waals surface area contributed by atoms with Crippen molar-refractivity contribution in [2.75, 3.05) is 13.1 Å². The maximum Gasteiger partial charge on any atom is 0.295 e. The van der Waals surface area contributed by atoms with Crippen LogP contribution in [0.3, 0.4) is 0 Å². The maximum atomic E-state index is 14.9. The van der Waals surface area contributed by atoms with Crippen molar-refractivity contribution in [1.82, 2.24) is 19.4 Å². The molecule has 1 N–H and O–H groups in total. The number of nitrogens with one attached hydrogen (secondary N) is 1. The molecule has 2 aliphatic rings. The van der Waals surface area contributed by atoms with E-state index in [-0.39, 0.29) is 22.8 Å². The first-order valence-electron chi connectivity index (χ1n) is 10.9. The van der Waals surface area contributed by atoms with Crippen molar-refractivity contribution in [3.05, 3.63) is 63.0 Å². The van der Waals surface area contributed by atoms with E-state index in [9.17, 15) is 18.5 Å². The minimum absolute atomic E-state index is 0.0452. The molecular formula is C23H21Cl2FN4O3S. The fourth-order valence-electron chi connectivity index (χ4n) is 4.26. The average Bonchev–Trinajstić information content (AvgIpc) is 3.44. The Morgan fingerprint density at radius 3 is 2.53 bits per heavy atom. The first-order chi connectivity index (χ1) is 16.2. The maximum absolute atomic E-state index is 14.9. The highest BCUT2D eigenvalue weighted by atomic mass is 35.5. The molecule has 1 saturated carbocycles. The summed E-state index contributed by atoms with van der Waals surface area (Å²) in [6, 6.07) is 7.30.